The molecule has 2 aromatic rings. The topological polar surface area (TPSA) is 22.1 Å². The Balaban J connectivity index is 2.11. The monoisotopic (exact) mass is 249 g/mol. The van der Waals surface area contributed by atoms with Crippen molar-refractivity contribution in [3.8, 4) is 5.75 Å². The van der Waals surface area contributed by atoms with Crippen molar-refractivity contribution in [2.24, 2.45) is 0 Å². The maximum atomic E-state index is 12.6. The van der Waals surface area contributed by atoms with Gasteiger partial charge < -0.3 is 4.74 Å². The van der Waals surface area contributed by atoms with Gasteiger partial charge in [-0.05, 0) is 43.5 Å². The Morgan fingerprint density at radius 3 is 2.72 bits per heavy atom. The molecule has 0 bridgehead atoms. The van der Waals surface area contributed by atoms with Gasteiger partial charge in [-0.1, -0.05) is 0 Å². The van der Waals surface area contributed by atoms with Gasteiger partial charge in [0.05, 0.1) is 6.10 Å². The summed E-state index contributed by atoms with van der Waals surface area (Å²) >= 11 is 0. The summed E-state index contributed by atoms with van der Waals surface area (Å²) in [5.74, 6) is 0.702. The summed E-state index contributed by atoms with van der Waals surface area (Å²) in [7, 11) is 0. The first-order valence-electron chi connectivity index (χ1n) is 5.98. The van der Waals surface area contributed by atoms with E-state index < -0.39 is 6.43 Å². The molecule has 1 heterocycles. The molecule has 2 nitrogen and oxygen atoms in total. The van der Waals surface area contributed by atoms with E-state index in [-0.39, 0.29) is 11.7 Å². The summed E-state index contributed by atoms with van der Waals surface area (Å²) in [6.45, 7) is 1.92. The Kier molecular flexibility index (Phi) is 2.65. The molecule has 4 heteroatoms. The van der Waals surface area contributed by atoms with Gasteiger partial charge in [0.15, 0.2) is 0 Å². The maximum absolute atomic E-state index is 12.6. The van der Waals surface area contributed by atoms with Gasteiger partial charge in [-0.15, -0.1) is 0 Å². The lowest BCUT2D eigenvalue weighted by Gasteiger charge is -2.10. The molecule has 0 spiro atoms. The number of pyridine rings is 1. The van der Waals surface area contributed by atoms with E-state index in [0.29, 0.717) is 16.7 Å². The Morgan fingerprint density at radius 1 is 1.28 bits per heavy atom. The predicted octanol–water partition coefficient (Wildman–Crippen LogP) is 4.02. The fourth-order valence-corrected chi connectivity index (χ4v) is 1.95. The standard InChI is InChI=1S/C14H13F2NO/c1-8-4-9-6-10(14(15)16)7-17-13(9)12(5-8)18-11-2-3-11/h4-7,11,14H,2-3H2,1H3. The fraction of sp³-hybridized carbons (Fsp3) is 0.357. The number of benzene rings is 1. The average Bonchev–Trinajstić information content (AvgIpc) is 3.11. The lowest BCUT2D eigenvalue weighted by molar-refractivity contribution is 0.151. The number of rotatable bonds is 3. The van der Waals surface area contributed by atoms with Crippen LogP contribution >= 0.6 is 0 Å². The van der Waals surface area contributed by atoms with Crippen molar-refractivity contribution in [2.45, 2.75) is 32.3 Å². The van der Waals surface area contributed by atoms with Crippen molar-refractivity contribution in [2.75, 3.05) is 0 Å². The normalized spacial score (nSPS) is 15.3. The van der Waals surface area contributed by atoms with E-state index in [9.17, 15) is 8.78 Å². The van der Waals surface area contributed by atoms with E-state index in [1.54, 1.807) is 0 Å². The molecule has 1 fully saturated rings. The van der Waals surface area contributed by atoms with E-state index in [2.05, 4.69) is 4.98 Å². The zero-order valence-electron chi connectivity index (χ0n) is 9.99. The molecule has 0 radical (unpaired) electrons. The summed E-state index contributed by atoms with van der Waals surface area (Å²) < 4.78 is 31.1. The van der Waals surface area contributed by atoms with Crippen LogP contribution in [0.4, 0.5) is 8.78 Å². The molecule has 0 saturated heterocycles. The summed E-state index contributed by atoms with van der Waals surface area (Å²) in [5.41, 5.74) is 1.61. The van der Waals surface area contributed by atoms with E-state index in [4.69, 9.17) is 4.74 Å². The van der Waals surface area contributed by atoms with Crippen molar-refractivity contribution in [3.05, 3.63) is 35.5 Å². The molecule has 94 valence electrons. The van der Waals surface area contributed by atoms with Gasteiger partial charge in [-0.2, -0.15) is 0 Å². The second-order valence-electron chi connectivity index (χ2n) is 4.72. The minimum atomic E-state index is -2.49. The van der Waals surface area contributed by atoms with Gasteiger partial charge in [0, 0.05) is 17.1 Å². The number of nitrogens with zero attached hydrogens (tertiary/aromatic N) is 1. The predicted molar refractivity (Wildman–Crippen MR) is 65.1 cm³/mol. The molecule has 1 aliphatic rings. The van der Waals surface area contributed by atoms with Gasteiger partial charge in [-0.3, -0.25) is 4.98 Å². The molecule has 1 aliphatic carbocycles. The maximum Gasteiger partial charge on any atom is 0.265 e. The number of hydrogen-bond acceptors (Lipinski definition) is 2. The second-order valence-corrected chi connectivity index (χ2v) is 4.72. The van der Waals surface area contributed by atoms with Crippen molar-refractivity contribution in [1.82, 2.24) is 4.98 Å². The number of hydrogen-bond donors (Lipinski definition) is 0. The van der Waals surface area contributed by atoms with Gasteiger partial charge in [0.2, 0.25) is 0 Å². The second kappa shape index (κ2) is 4.19. The Bertz CT molecular complexity index is 594. The highest BCUT2D eigenvalue weighted by Crippen LogP contribution is 2.33. The molecule has 1 aromatic heterocycles. The first-order valence-corrected chi connectivity index (χ1v) is 5.98. The van der Waals surface area contributed by atoms with E-state index in [1.165, 1.54) is 12.3 Å². The Morgan fingerprint density at radius 2 is 2.06 bits per heavy atom. The number of fused-ring (bicyclic) bond motifs is 1. The van der Waals surface area contributed by atoms with Crippen LogP contribution in [0.5, 0.6) is 5.75 Å². The third kappa shape index (κ3) is 2.15. The van der Waals surface area contributed by atoms with Gasteiger partial charge in [0.25, 0.3) is 6.43 Å². The minimum Gasteiger partial charge on any atom is -0.488 e. The third-order valence-corrected chi connectivity index (χ3v) is 2.98. The Labute approximate surface area is 104 Å². The lowest BCUT2D eigenvalue weighted by atomic mass is 10.1. The highest BCUT2D eigenvalue weighted by Gasteiger charge is 2.24. The van der Waals surface area contributed by atoms with E-state index in [1.807, 2.05) is 19.1 Å². The largest absolute Gasteiger partial charge is 0.488 e. The van der Waals surface area contributed by atoms with Crippen molar-refractivity contribution in [1.29, 1.82) is 0 Å². The van der Waals surface area contributed by atoms with Crippen LogP contribution in [0.25, 0.3) is 10.9 Å². The molecule has 1 saturated carbocycles. The molecule has 1 aromatic carbocycles. The van der Waals surface area contributed by atoms with Crippen LogP contribution in [0.3, 0.4) is 0 Å². The van der Waals surface area contributed by atoms with Crippen LogP contribution in [0.2, 0.25) is 0 Å². The van der Waals surface area contributed by atoms with Crippen LogP contribution in [0, 0.1) is 6.92 Å². The highest BCUT2D eigenvalue weighted by molar-refractivity contribution is 5.85. The number of ether oxygens (including phenoxy) is 1. The molecular formula is C14H13F2NO. The molecule has 0 atom stereocenters. The van der Waals surface area contributed by atoms with Gasteiger partial charge in [-0.25, -0.2) is 8.78 Å². The van der Waals surface area contributed by atoms with Gasteiger partial charge >= 0.3 is 0 Å². The Hall–Kier alpha value is -1.71. The van der Waals surface area contributed by atoms with Crippen LogP contribution in [-0.2, 0) is 0 Å². The van der Waals surface area contributed by atoms with Crippen molar-refractivity contribution >= 4 is 10.9 Å². The van der Waals surface area contributed by atoms with Gasteiger partial charge in [0.1, 0.15) is 11.3 Å². The zero-order valence-corrected chi connectivity index (χ0v) is 9.99. The quantitative estimate of drug-likeness (QED) is 0.819. The minimum absolute atomic E-state index is 0.0505. The molecule has 0 N–H and O–H groups in total. The van der Waals surface area contributed by atoms with Crippen molar-refractivity contribution in [3.63, 3.8) is 0 Å². The molecule has 18 heavy (non-hydrogen) atoms. The smallest absolute Gasteiger partial charge is 0.265 e. The average molecular weight is 249 g/mol. The van der Waals surface area contributed by atoms with Crippen molar-refractivity contribution < 1.29 is 13.5 Å². The highest BCUT2D eigenvalue weighted by atomic mass is 19.3. The third-order valence-electron chi connectivity index (χ3n) is 2.98. The first kappa shape index (κ1) is 11.4. The lowest BCUT2D eigenvalue weighted by Crippen LogP contribution is -1.98. The molecular weight excluding hydrogens is 236 g/mol. The van der Waals surface area contributed by atoms with E-state index in [0.717, 1.165) is 18.4 Å². The van der Waals surface area contributed by atoms with E-state index >= 15 is 0 Å². The molecule has 0 unspecified atom stereocenters. The molecule has 0 aliphatic heterocycles. The summed E-state index contributed by atoms with van der Waals surface area (Å²) in [5, 5.41) is 0.712. The van der Waals surface area contributed by atoms with Crippen LogP contribution < -0.4 is 4.74 Å². The number of halogens is 2. The molecule has 0 amide bonds. The zero-order chi connectivity index (χ0) is 12.7. The molecule has 3 rings (SSSR count). The fourth-order valence-electron chi connectivity index (χ4n) is 1.95. The van der Waals surface area contributed by atoms with Crippen LogP contribution in [0.1, 0.15) is 30.4 Å². The first-order chi connectivity index (χ1) is 8.63. The number of aromatic nitrogens is 1. The summed E-state index contributed by atoms with van der Waals surface area (Å²) in [4.78, 5) is 4.12. The number of aryl methyl sites for hydroxylation is 1. The summed E-state index contributed by atoms with van der Waals surface area (Å²) in [6.07, 6.45) is 1.12. The van der Waals surface area contributed by atoms with Crippen LogP contribution in [0.15, 0.2) is 24.4 Å². The summed E-state index contributed by atoms with van der Waals surface area (Å²) in [6, 6.07) is 5.25. The van der Waals surface area contributed by atoms with Crippen LogP contribution in [-0.4, -0.2) is 11.1 Å². The SMILES string of the molecule is Cc1cc(OC2CC2)c2ncc(C(F)F)cc2c1. The number of alkyl halides is 2.